The van der Waals surface area contributed by atoms with Crippen LogP contribution >= 0.6 is 11.3 Å². The Balaban J connectivity index is 1.96. The van der Waals surface area contributed by atoms with Gasteiger partial charge in [-0.1, -0.05) is 53.8 Å². The first kappa shape index (κ1) is 20.0. The number of carbonyl (C=O) groups excluding carboxylic acids is 1. The van der Waals surface area contributed by atoms with Gasteiger partial charge in [0.25, 0.3) is 5.56 Å². The molecule has 152 valence electrons. The van der Waals surface area contributed by atoms with Crippen LogP contribution in [0, 0.1) is 5.82 Å². The first-order valence-corrected chi connectivity index (χ1v) is 10.3. The standard InChI is InChI=1S/C23H19FN2O3S/c1-3-29-22(28)19-14(2)25-23-26(20(19)16-9-5-4-6-10-16)21(27)18(30-23)13-15-8-7-11-17(24)12-15/h4-13,20H,3H2,1-2H3/b18-13-/t20-/m1/s1. The third kappa shape index (κ3) is 3.64. The molecule has 0 aliphatic carbocycles. The van der Waals surface area contributed by atoms with Gasteiger partial charge in [-0.25, -0.2) is 14.2 Å². The highest BCUT2D eigenvalue weighted by atomic mass is 32.1. The molecule has 5 nitrogen and oxygen atoms in total. The van der Waals surface area contributed by atoms with Crippen LogP contribution in [0.1, 0.15) is 31.0 Å². The summed E-state index contributed by atoms with van der Waals surface area (Å²) in [5, 5.41) is 0. The zero-order chi connectivity index (χ0) is 21.3. The number of aromatic nitrogens is 1. The van der Waals surface area contributed by atoms with Crippen molar-refractivity contribution in [1.82, 2.24) is 4.57 Å². The number of fused-ring (bicyclic) bond motifs is 1. The Bertz CT molecular complexity index is 1320. The maximum atomic E-state index is 13.6. The minimum atomic E-state index is -0.642. The van der Waals surface area contributed by atoms with Gasteiger partial charge in [0.15, 0.2) is 4.80 Å². The number of nitrogens with zero attached hydrogens (tertiary/aromatic N) is 2. The minimum Gasteiger partial charge on any atom is -0.463 e. The second-order valence-corrected chi connectivity index (χ2v) is 7.78. The van der Waals surface area contributed by atoms with Crippen LogP contribution in [0.3, 0.4) is 0 Å². The molecule has 2 heterocycles. The van der Waals surface area contributed by atoms with Gasteiger partial charge in [0.2, 0.25) is 0 Å². The molecular formula is C23H19FN2O3S. The van der Waals surface area contributed by atoms with E-state index in [0.717, 1.165) is 5.56 Å². The van der Waals surface area contributed by atoms with Crippen LogP contribution in [0.2, 0.25) is 0 Å². The van der Waals surface area contributed by atoms with Crippen molar-refractivity contribution in [3.63, 3.8) is 0 Å². The van der Waals surface area contributed by atoms with Gasteiger partial charge in [-0.2, -0.15) is 0 Å². The van der Waals surface area contributed by atoms with Crippen molar-refractivity contribution in [2.45, 2.75) is 19.9 Å². The molecule has 1 atom stereocenters. The van der Waals surface area contributed by atoms with Gasteiger partial charge in [-0.3, -0.25) is 9.36 Å². The van der Waals surface area contributed by atoms with E-state index in [4.69, 9.17) is 4.74 Å². The van der Waals surface area contributed by atoms with E-state index in [2.05, 4.69) is 4.99 Å². The Hall–Kier alpha value is -3.32. The van der Waals surface area contributed by atoms with Crippen molar-refractivity contribution in [2.24, 2.45) is 4.99 Å². The van der Waals surface area contributed by atoms with Crippen molar-refractivity contribution in [3.05, 3.63) is 102 Å². The molecule has 1 aromatic heterocycles. The molecule has 1 aliphatic heterocycles. The molecule has 7 heteroatoms. The smallest absolute Gasteiger partial charge is 0.338 e. The van der Waals surface area contributed by atoms with E-state index in [1.165, 1.54) is 28.0 Å². The number of hydrogen-bond acceptors (Lipinski definition) is 5. The zero-order valence-electron chi connectivity index (χ0n) is 16.5. The van der Waals surface area contributed by atoms with Crippen molar-refractivity contribution in [3.8, 4) is 0 Å². The second-order valence-electron chi connectivity index (χ2n) is 6.77. The predicted octanol–water partition coefficient (Wildman–Crippen LogP) is 2.94. The average molecular weight is 422 g/mol. The van der Waals surface area contributed by atoms with Gasteiger partial charge in [0.1, 0.15) is 5.82 Å². The summed E-state index contributed by atoms with van der Waals surface area (Å²) in [5.74, 6) is -0.869. The lowest BCUT2D eigenvalue weighted by atomic mass is 9.96. The Kier molecular flexibility index (Phi) is 5.46. The molecular weight excluding hydrogens is 403 g/mol. The fourth-order valence-corrected chi connectivity index (χ4v) is 4.54. The highest BCUT2D eigenvalue weighted by Gasteiger charge is 2.33. The summed E-state index contributed by atoms with van der Waals surface area (Å²) in [5.41, 5.74) is 1.94. The lowest BCUT2D eigenvalue weighted by Crippen LogP contribution is -2.39. The summed E-state index contributed by atoms with van der Waals surface area (Å²) in [7, 11) is 0. The molecule has 30 heavy (non-hydrogen) atoms. The highest BCUT2D eigenvalue weighted by Crippen LogP contribution is 2.30. The third-order valence-corrected chi connectivity index (χ3v) is 5.76. The number of allylic oxidation sites excluding steroid dienone is 1. The molecule has 0 spiro atoms. The number of hydrogen-bond donors (Lipinski definition) is 0. The maximum Gasteiger partial charge on any atom is 0.338 e. The largest absolute Gasteiger partial charge is 0.463 e. The lowest BCUT2D eigenvalue weighted by molar-refractivity contribution is -0.139. The van der Waals surface area contributed by atoms with Crippen molar-refractivity contribution in [2.75, 3.05) is 6.61 Å². The zero-order valence-corrected chi connectivity index (χ0v) is 17.3. The summed E-state index contributed by atoms with van der Waals surface area (Å²) >= 11 is 1.21. The van der Waals surface area contributed by atoms with Gasteiger partial charge >= 0.3 is 5.97 Å². The van der Waals surface area contributed by atoms with Gasteiger partial charge in [0, 0.05) is 0 Å². The quantitative estimate of drug-likeness (QED) is 0.608. The van der Waals surface area contributed by atoms with E-state index in [-0.39, 0.29) is 18.0 Å². The van der Waals surface area contributed by atoms with Crippen molar-refractivity contribution in [1.29, 1.82) is 0 Å². The SMILES string of the molecule is CCOC(=O)C1=C(C)N=c2s/c(=C\c3cccc(F)c3)c(=O)n2[C@@H]1c1ccccc1. The molecule has 1 aliphatic rings. The molecule has 4 rings (SSSR count). The first-order valence-electron chi connectivity index (χ1n) is 9.49. The molecule has 0 N–H and O–H groups in total. The minimum absolute atomic E-state index is 0.223. The van der Waals surface area contributed by atoms with E-state index >= 15 is 0 Å². The molecule has 0 saturated heterocycles. The van der Waals surface area contributed by atoms with E-state index in [9.17, 15) is 14.0 Å². The van der Waals surface area contributed by atoms with E-state index in [1.54, 1.807) is 32.1 Å². The average Bonchev–Trinajstić information content (AvgIpc) is 3.02. The fraction of sp³-hybridized carbons (Fsp3) is 0.174. The lowest BCUT2D eigenvalue weighted by Gasteiger charge is -2.24. The summed E-state index contributed by atoms with van der Waals surface area (Å²) in [4.78, 5) is 31.1. The van der Waals surface area contributed by atoms with E-state index < -0.39 is 12.0 Å². The van der Waals surface area contributed by atoms with Crippen LogP contribution < -0.4 is 14.9 Å². The summed E-state index contributed by atoms with van der Waals surface area (Å²) in [6.45, 7) is 3.70. The number of ether oxygens (including phenoxy) is 1. The van der Waals surface area contributed by atoms with Crippen molar-refractivity contribution < 1.29 is 13.9 Å². The van der Waals surface area contributed by atoms with Gasteiger partial charge in [0.05, 0.1) is 28.5 Å². The number of halogens is 1. The molecule has 0 radical (unpaired) electrons. The Morgan fingerprint density at radius 3 is 2.70 bits per heavy atom. The van der Waals surface area contributed by atoms with Crippen LogP contribution in [0.15, 0.2) is 75.7 Å². The number of carbonyl (C=O) groups is 1. The number of esters is 1. The normalized spacial score (nSPS) is 16.2. The van der Waals surface area contributed by atoms with Crippen LogP contribution in [-0.4, -0.2) is 17.1 Å². The summed E-state index contributed by atoms with van der Waals surface area (Å²) < 4.78 is 20.8. The highest BCUT2D eigenvalue weighted by molar-refractivity contribution is 7.07. The topological polar surface area (TPSA) is 60.7 Å². The molecule has 0 amide bonds. The van der Waals surface area contributed by atoms with Gasteiger partial charge in [-0.05, 0) is 43.2 Å². The van der Waals surface area contributed by atoms with Crippen LogP contribution in [-0.2, 0) is 9.53 Å². The molecule has 3 aromatic rings. The van der Waals surface area contributed by atoms with Crippen LogP contribution in [0.4, 0.5) is 4.39 Å². The Labute approximate surface area is 176 Å². The third-order valence-electron chi connectivity index (χ3n) is 4.78. The van der Waals surface area contributed by atoms with Crippen molar-refractivity contribution >= 4 is 23.4 Å². The maximum absolute atomic E-state index is 13.6. The monoisotopic (exact) mass is 422 g/mol. The molecule has 0 fully saturated rings. The molecule has 0 unspecified atom stereocenters. The van der Waals surface area contributed by atoms with E-state index in [0.29, 0.717) is 26.2 Å². The number of rotatable bonds is 4. The van der Waals surface area contributed by atoms with E-state index in [1.807, 2.05) is 30.3 Å². The summed E-state index contributed by atoms with van der Waals surface area (Å²) in [6, 6.07) is 14.7. The van der Waals surface area contributed by atoms with Gasteiger partial charge < -0.3 is 4.74 Å². The molecule has 2 aromatic carbocycles. The Morgan fingerprint density at radius 1 is 1.23 bits per heavy atom. The van der Waals surface area contributed by atoms with Crippen LogP contribution in [0.25, 0.3) is 6.08 Å². The fourth-order valence-electron chi connectivity index (χ4n) is 3.49. The second kappa shape index (κ2) is 8.20. The summed E-state index contributed by atoms with van der Waals surface area (Å²) in [6.07, 6.45) is 1.64. The Morgan fingerprint density at radius 2 is 2.00 bits per heavy atom. The number of thiazole rings is 1. The predicted molar refractivity (Wildman–Crippen MR) is 113 cm³/mol. The van der Waals surface area contributed by atoms with Crippen LogP contribution in [0.5, 0.6) is 0 Å². The molecule has 0 saturated carbocycles. The van der Waals surface area contributed by atoms with Gasteiger partial charge in [-0.15, -0.1) is 0 Å². The number of benzene rings is 2. The first-order chi connectivity index (χ1) is 14.5. The molecule has 0 bridgehead atoms.